The predicted molar refractivity (Wildman–Crippen MR) is 68.3 cm³/mol. The minimum Gasteiger partial charge on any atom is -0.334 e. The fourth-order valence-electron chi connectivity index (χ4n) is 1.20. The summed E-state index contributed by atoms with van der Waals surface area (Å²) in [5.74, 6) is 0. The van der Waals surface area contributed by atoms with Gasteiger partial charge >= 0.3 is 6.03 Å². The number of rotatable bonds is 3. The van der Waals surface area contributed by atoms with Crippen molar-refractivity contribution in [2.45, 2.75) is 19.4 Å². The van der Waals surface area contributed by atoms with Gasteiger partial charge in [0.15, 0.2) is 0 Å². The van der Waals surface area contributed by atoms with Gasteiger partial charge in [-0.2, -0.15) is 5.26 Å². The van der Waals surface area contributed by atoms with Gasteiger partial charge in [-0.15, -0.1) is 0 Å². The van der Waals surface area contributed by atoms with Gasteiger partial charge in [0.25, 0.3) is 0 Å². The molecule has 0 aromatic heterocycles. The second kappa shape index (κ2) is 6.33. The highest BCUT2D eigenvalue weighted by molar-refractivity contribution is 6.35. The standard InChI is InChI=1S/C11H11Cl2N3O/c1-7(2-3-14)15-11(17)16-10-5-8(12)4-9(13)6-10/h4-7H,2H2,1H3,(H2,15,16,17). The molecule has 0 spiro atoms. The Bertz CT molecular complexity index is 436. The number of amides is 2. The summed E-state index contributed by atoms with van der Waals surface area (Å²) >= 11 is 11.6. The highest BCUT2D eigenvalue weighted by atomic mass is 35.5. The van der Waals surface area contributed by atoms with E-state index in [1.54, 1.807) is 25.1 Å². The molecule has 0 radical (unpaired) electrons. The van der Waals surface area contributed by atoms with Gasteiger partial charge in [-0.05, 0) is 25.1 Å². The van der Waals surface area contributed by atoms with Crippen LogP contribution in [0.15, 0.2) is 18.2 Å². The lowest BCUT2D eigenvalue weighted by molar-refractivity contribution is 0.249. The molecule has 0 aliphatic carbocycles. The summed E-state index contributed by atoms with van der Waals surface area (Å²) in [6.45, 7) is 1.74. The summed E-state index contributed by atoms with van der Waals surface area (Å²) in [6, 6.07) is 6.10. The van der Waals surface area contributed by atoms with E-state index in [4.69, 9.17) is 28.5 Å². The first-order valence-corrected chi connectivity index (χ1v) is 5.67. The van der Waals surface area contributed by atoms with E-state index in [1.807, 2.05) is 6.07 Å². The maximum absolute atomic E-state index is 11.5. The first-order valence-electron chi connectivity index (χ1n) is 4.92. The third-order valence-electron chi connectivity index (χ3n) is 1.90. The number of nitrogens with zero attached hydrogens (tertiary/aromatic N) is 1. The lowest BCUT2D eigenvalue weighted by atomic mass is 10.2. The summed E-state index contributed by atoms with van der Waals surface area (Å²) in [5, 5.41) is 14.5. The molecule has 4 nitrogen and oxygen atoms in total. The van der Waals surface area contributed by atoms with Crippen LogP contribution < -0.4 is 10.6 Å². The summed E-state index contributed by atoms with van der Waals surface area (Å²) in [6.07, 6.45) is 0.254. The SMILES string of the molecule is CC(CC#N)NC(=O)Nc1cc(Cl)cc(Cl)c1. The second-order valence-corrected chi connectivity index (χ2v) is 4.39. The Hall–Kier alpha value is -1.44. The number of anilines is 1. The van der Waals surface area contributed by atoms with Crippen LogP contribution >= 0.6 is 23.2 Å². The van der Waals surface area contributed by atoms with E-state index in [0.717, 1.165) is 0 Å². The van der Waals surface area contributed by atoms with Crippen LogP contribution in [0, 0.1) is 11.3 Å². The van der Waals surface area contributed by atoms with Crippen molar-refractivity contribution >= 4 is 34.9 Å². The van der Waals surface area contributed by atoms with Crippen LogP contribution in [0.25, 0.3) is 0 Å². The highest BCUT2D eigenvalue weighted by Gasteiger charge is 2.07. The van der Waals surface area contributed by atoms with E-state index >= 15 is 0 Å². The monoisotopic (exact) mass is 271 g/mol. The fraction of sp³-hybridized carbons (Fsp3) is 0.273. The molecule has 2 amide bonds. The van der Waals surface area contributed by atoms with Crippen LogP contribution in [0.4, 0.5) is 10.5 Å². The molecule has 6 heteroatoms. The molecule has 0 bridgehead atoms. The Balaban J connectivity index is 2.59. The van der Waals surface area contributed by atoms with E-state index in [1.165, 1.54) is 0 Å². The molecule has 0 saturated carbocycles. The number of benzene rings is 1. The Labute approximate surface area is 110 Å². The van der Waals surface area contributed by atoms with E-state index in [-0.39, 0.29) is 12.5 Å². The van der Waals surface area contributed by atoms with Crippen molar-refractivity contribution in [1.29, 1.82) is 5.26 Å². The summed E-state index contributed by atoms with van der Waals surface area (Å²) in [4.78, 5) is 11.5. The minimum absolute atomic E-state index is 0.213. The number of urea groups is 1. The molecule has 0 aliphatic rings. The van der Waals surface area contributed by atoms with Crippen molar-refractivity contribution in [3.8, 4) is 6.07 Å². The number of nitrogens with one attached hydrogen (secondary N) is 2. The molecule has 17 heavy (non-hydrogen) atoms. The van der Waals surface area contributed by atoms with Crippen molar-refractivity contribution in [2.75, 3.05) is 5.32 Å². The molecule has 0 saturated heterocycles. The number of hydrogen-bond acceptors (Lipinski definition) is 2. The van der Waals surface area contributed by atoms with Crippen LogP contribution in [0.5, 0.6) is 0 Å². The van der Waals surface area contributed by atoms with E-state index in [2.05, 4.69) is 10.6 Å². The predicted octanol–water partition coefficient (Wildman–Crippen LogP) is 3.42. The van der Waals surface area contributed by atoms with E-state index in [9.17, 15) is 4.79 Å². The fourth-order valence-corrected chi connectivity index (χ4v) is 1.73. The molecular formula is C11H11Cl2N3O. The number of hydrogen-bond donors (Lipinski definition) is 2. The molecule has 1 aromatic rings. The normalized spacial score (nSPS) is 11.4. The molecule has 1 rings (SSSR count). The highest BCUT2D eigenvalue weighted by Crippen LogP contribution is 2.22. The third-order valence-corrected chi connectivity index (χ3v) is 2.33. The molecule has 2 N–H and O–H groups in total. The van der Waals surface area contributed by atoms with Crippen LogP contribution in [-0.4, -0.2) is 12.1 Å². The second-order valence-electron chi connectivity index (χ2n) is 3.52. The van der Waals surface area contributed by atoms with Gasteiger partial charge < -0.3 is 10.6 Å². The van der Waals surface area contributed by atoms with Crippen LogP contribution in [0.2, 0.25) is 10.0 Å². The Morgan fingerprint density at radius 2 is 2.00 bits per heavy atom. The van der Waals surface area contributed by atoms with Gasteiger partial charge in [-0.25, -0.2) is 4.79 Å². The zero-order valence-electron chi connectivity index (χ0n) is 9.13. The summed E-state index contributed by atoms with van der Waals surface area (Å²) < 4.78 is 0. The van der Waals surface area contributed by atoms with Crippen molar-refractivity contribution in [2.24, 2.45) is 0 Å². The lowest BCUT2D eigenvalue weighted by Gasteiger charge is -2.12. The molecule has 1 unspecified atom stereocenters. The quantitative estimate of drug-likeness (QED) is 0.885. The summed E-state index contributed by atoms with van der Waals surface area (Å²) in [5.41, 5.74) is 0.504. The topological polar surface area (TPSA) is 64.9 Å². The minimum atomic E-state index is -0.397. The van der Waals surface area contributed by atoms with Crippen molar-refractivity contribution in [3.63, 3.8) is 0 Å². The average molecular weight is 272 g/mol. The largest absolute Gasteiger partial charge is 0.334 e. The van der Waals surface area contributed by atoms with E-state index < -0.39 is 6.03 Å². The van der Waals surface area contributed by atoms with Gasteiger partial charge in [0.1, 0.15) is 0 Å². The first kappa shape index (κ1) is 13.6. The van der Waals surface area contributed by atoms with Gasteiger partial charge in [0.2, 0.25) is 0 Å². The third kappa shape index (κ3) is 4.94. The zero-order chi connectivity index (χ0) is 12.8. The van der Waals surface area contributed by atoms with Gasteiger partial charge in [0, 0.05) is 21.8 Å². The van der Waals surface area contributed by atoms with Gasteiger partial charge in [-0.1, -0.05) is 23.2 Å². The van der Waals surface area contributed by atoms with Gasteiger partial charge in [0.05, 0.1) is 12.5 Å². The van der Waals surface area contributed by atoms with Crippen molar-refractivity contribution < 1.29 is 4.79 Å². The first-order chi connectivity index (χ1) is 8.01. The molecule has 90 valence electrons. The lowest BCUT2D eigenvalue weighted by Crippen LogP contribution is -2.35. The number of halogens is 2. The average Bonchev–Trinajstić information content (AvgIpc) is 2.14. The molecule has 1 aromatic carbocycles. The van der Waals surface area contributed by atoms with Crippen LogP contribution in [0.3, 0.4) is 0 Å². The zero-order valence-corrected chi connectivity index (χ0v) is 10.6. The summed E-state index contributed by atoms with van der Waals surface area (Å²) in [7, 11) is 0. The van der Waals surface area contributed by atoms with Crippen molar-refractivity contribution in [3.05, 3.63) is 28.2 Å². The number of carbonyl (C=O) groups is 1. The maximum Gasteiger partial charge on any atom is 0.319 e. The van der Waals surface area contributed by atoms with Crippen LogP contribution in [0.1, 0.15) is 13.3 Å². The maximum atomic E-state index is 11.5. The molecule has 0 fully saturated rings. The van der Waals surface area contributed by atoms with Gasteiger partial charge in [-0.3, -0.25) is 0 Å². The number of nitriles is 1. The molecule has 0 aliphatic heterocycles. The Kier molecular flexibility index (Phi) is 5.08. The molecule has 1 atom stereocenters. The Morgan fingerprint density at radius 1 is 1.41 bits per heavy atom. The smallest absolute Gasteiger partial charge is 0.319 e. The number of carbonyl (C=O) groups excluding carboxylic acids is 1. The molecule has 0 heterocycles. The van der Waals surface area contributed by atoms with Crippen LogP contribution in [-0.2, 0) is 0 Å². The Morgan fingerprint density at radius 3 is 2.53 bits per heavy atom. The molecular weight excluding hydrogens is 261 g/mol. The van der Waals surface area contributed by atoms with Crippen molar-refractivity contribution in [1.82, 2.24) is 5.32 Å². The van der Waals surface area contributed by atoms with E-state index in [0.29, 0.717) is 15.7 Å².